The second-order valence-electron chi connectivity index (χ2n) is 8.58. The Labute approximate surface area is 172 Å². The number of hydrogen-bond donors (Lipinski definition) is 1. The number of ether oxygens (including phenoxy) is 1. The molecule has 0 aromatic heterocycles. The van der Waals surface area contributed by atoms with Crippen molar-refractivity contribution in [1.29, 1.82) is 0 Å². The third-order valence-electron chi connectivity index (χ3n) is 6.20. The van der Waals surface area contributed by atoms with Crippen molar-refractivity contribution in [3.05, 3.63) is 54.6 Å². The van der Waals surface area contributed by atoms with E-state index < -0.39 is 0 Å². The van der Waals surface area contributed by atoms with Crippen molar-refractivity contribution in [2.24, 2.45) is 5.92 Å². The Morgan fingerprint density at radius 3 is 2.31 bits per heavy atom. The fraction of sp³-hybridized carbons (Fsp3) is 0.417. The van der Waals surface area contributed by atoms with Gasteiger partial charge < -0.3 is 15.0 Å². The highest BCUT2D eigenvalue weighted by Gasteiger charge is 2.42. The third kappa shape index (κ3) is 4.61. The number of nitrogens with one attached hydrogen (secondary N) is 1. The lowest BCUT2D eigenvalue weighted by molar-refractivity contribution is -0.125. The molecule has 2 amide bonds. The van der Waals surface area contributed by atoms with Gasteiger partial charge in [0.05, 0.1) is 0 Å². The smallest absolute Gasteiger partial charge is 0.410 e. The van der Waals surface area contributed by atoms with Crippen LogP contribution in [-0.4, -0.2) is 35.5 Å². The molecule has 4 rings (SSSR count). The van der Waals surface area contributed by atoms with E-state index in [2.05, 4.69) is 12.2 Å². The van der Waals surface area contributed by atoms with E-state index in [1.165, 1.54) is 0 Å². The van der Waals surface area contributed by atoms with Crippen LogP contribution in [0.15, 0.2) is 54.6 Å². The summed E-state index contributed by atoms with van der Waals surface area (Å²) in [4.78, 5) is 26.6. The Morgan fingerprint density at radius 1 is 1.00 bits per heavy atom. The molecule has 2 aromatic carbocycles. The highest BCUT2D eigenvalue weighted by molar-refractivity contribution is 5.80. The maximum Gasteiger partial charge on any atom is 0.415 e. The molecule has 0 aliphatic heterocycles. The molecule has 2 saturated carbocycles. The van der Waals surface area contributed by atoms with Crippen LogP contribution in [0.4, 0.5) is 4.79 Å². The van der Waals surface area contributed by atoms with Crippen LogP contribution in [0.1, 0.15) is 39.0 Å². The number of carbonyl (C=O) groups excluding carboxylic acids is 2. The highest BCUT2D eigenvalue weighted by atomic mass is 16.6. The molecule has 0 saturated heterocycles. The summed E-state index contributed by atoms with van der Waals surface area (Å²) < 4.78 is 5.55. The minimum Gasteiger partial charge on any atom is -0.410 e. The third-order valence-corrected chi connectivity index (χ3v) is 6.20. The Kier molecular flexibility index (Phi) is 5.31. The van der Waals surface area contributed by atoms with Crippen molar-refractivity contribution in [3.8, 4) is 16.9 Å². The standard InChI is InChI=1S/C24H28N2O3/c1-24(14-15-24)25-22(27)19-8-11-20(16-19)26(2)23(28)29-21-12-9-18(10-13-21)17-6-4-3-5-7-17/h3-7,9-10,12-13,19-20H,8,11,14-16H2,1-2H3,(H,25,27)/t19-,20+/m0/s1. The molecule has 5 nitrogen and oxygen atoms in total. The SMILES string of the molecule is CN(C(=O)Oc1ccc(-c2ccccc2)cc1)[C@@H]1CC[C@H](C(=O)NC2(C)CC2)C1. The van der Waals surface area contributed by atoms with Crippen molar-refractivity contribution in [2.75, 3.05) is 7.05 Å². The molecule has 0 heterocycles. The normalized spacial score (nSPS) is 22.0. The maximum absolute atomic E-state index is 12.6. The van der Waals surface area contributed by atoms with Crippen molar-refractivity contribution >= 4 is 12.0 Å². The van der Waals surface area contributed by atoms with E-state index in [9.17, 15) is 9.59 Å². The van der Waals surface area contributed by atoms with Gasteiger partial charge in [0, 0.05) is 24.5 Å². The van der Waals surface area contributed by atoms with Gasteiger partial charge in [-0.1, -0.05) is 42.5 Å². The Bertz CT molecular complexity index is 875. The van der Waals surface area contributed by atoms with Crippen LogP contribution in [0.25, 0.3) is 11.1 Å². The van der Waals surface area contributed by atoms with E-state index in [0.29, 0.717) is 12.2 Å². The summed E-state index contributed by atoms with van der Waals surface area (Å²) in [5, 5.41) is 3.15. The lowest BCUT2D eigenvalue weighted by atomic mass is 10.1. The van der Waals surface area contributed by atoms with Gasteiger partial charge in [-0.05, 0) is 62.3 Å². The minimum atomic E-state index is -0.377. The highest BCUT2D eigenvalue weighted by Crippen LogP contribution is 2.36. The van der Waals surface area contributed by atoms with E-state index in [0.717, 1.165) is 36.8 Å². The van der Waals surface area contributed by atoms with E-state index in [4.69, 9.17) is 4.74 Å². The topological polar surface area (TPSA) is 58.6 Å². The van der Waals surface area contributed by atoms with E-state index in [1.54, 1.807) is 11.9 Å². The summed E-state index contributed by atoms with van der Waals surface area (Å²) in [6, 6.07) is 17.6. The van der Waals surface area contributed by atoms with Gasteiger partial charge in [-0.15, -0.1) is 0 Å². The molecular weight excluding hydrogens is 364 g/mol. The molecule has 2 atom stereocenters. The first-order chi connectivity index (χ1) is 13.9. The van der Waals surface area contributed by atoms with Crippen LogP contribution < -0.4 is 10.1 Å². The number of nitrogens with zero attached hydrogens (tertiary/aromatic N) is 1. The largest absolute Gasteiger partial charge is 0.415 e. The Hall–Kier alpha value is -2.82. The second kappa shape index (κ2) is 7.90. The van der Waals surface area contributed by atoms with Gasteiger partial charge in [0.1, 0.15) is 5.75 Å². The molecule has 2 fully saturated rings. The number of hydrogen-bond acceptors (Lipinski definition) is 3. The monoisotopic (exact) mass is 392 g/mol. The zero-order chi connectivity index (χ0) is 20.4. The molecule has 2 aliphatic rings. The van der Waals surface area contributed by atoms with Gasteiger partial charge in [0.2, 0.25) is 5.91 Å². The van der Waals surface area contributed by atoms with Gasteiger partial charge in [0.25, 0.3) is 0 Å². The minimum absolute atomic E-state index is 0.00587. The first kappa shape index (κ1) is 19.5. The van der Waals surface area contributed by atoms with Gasteiger partial charge in [-0.25, -0.2) is 4.79 Å². The summed E-state index contributed by atoms with van der Waals surface area (Å²) in [5.74, 6) is 0.638. The van der Waals surface area contributed by atoms with E-state index in [-0.39, 0.29) is 29.5 Å². The van der Waals surface area contributed by atoms with Crippen LogP contribution in [-0.2, 0) is 4.79 Å². The van der Waals surface area contributed by atoms with Crippen molar-refractivity contribution in [3.63, 3.8) is 0 Å². The molecule has 0 unspecified atom stereocenters. The molecule has 0 spiro atoms. The van der Waals surface area contributed by atoms with Crippen LogP contribution in [0, 0.1) is 5.92 Å². The van der Waals surface area contributed by atoms with Crippen molar-refractivity contribution < 1.29 is 14.3 Å². The molecule has 29 heavy (non-hydrogen) atoms. The van der Waals surface area contributed by atoms with Gasteiger partial charge in [0.15, 0.2) is 0 Å². The molecule has 0 radical (unpaired) electrons. The first-order valence-corrected chi connectivity index (χ1v) is 10.4. The summed E-state index contributed by atoms with van der Waals surface area (Å²) >= 11 is 0. The van der Waals surface area contributed by atoms with Crippen LogP contribution >= 0.6 is 0 Å². The molecule has 1 N–H and O–H groups in total. The van der Waals surface area contributed by atoms with Crippen molar-refractivity contribution in [1.82, 2.24) is 10.2 Å². The zero-order valence-corrected chi connectivity index (χ0v) is 17.1. The first-order valence-electron chi connectivity index (χ1n) is 10.4. The van der Waals surface area contributed by atoms with E-state index in [1.807, 2.05) is 54.6 Å². The summed E-state index contributed by atoms with van der Waals surface area (Å²) in [6.07, 6.45) is 4.08. The Morgan fingerprint density at radius 2 is 1.66 bits per heavy atom. The van der Waals surface area contributed by atoms with Gasteiger partial charge in [-0.3, -0.25) is 4.79 Å². The van der Waals surface area contributed by atoms with Gasteiger partial charge in [-0.2, -0.15) is 0 Å². The van der Waals surface area contributed by atoms with Crippen molar-refractivity contribution in [2.45, 2.75) is 50.6 Å². The van der Waals surface area contributed by atoms with Gasteiger partial charge >= 0.3 is 6.09 Å². The average molecular weight is 392 g/mol. The second-order valence-corrected chi connectivity index (χ2v) is 8.58. The number of benzene rings is 2. The fourth-order valence-electron chi connectivity index (χ4n) is 3.93. The van der Waals surface area contributed by atoms with E-state index >= 15 is 0 Å². The average Bonchev–Trinajstić information content (AvgIpc) is 3.26. The lowest BCUT2D eigenvalue weighted by Gasteiger charge is -2.24. The van der Waals surface area contributed by atoms with Crippen LogP contribution in [0.3, 0.4) is 0 Å². The molecule has 0 bridgehead atoms. The molecule has 2 aromatic rings. The molecular formula is C24H28N2O3. The maximum atomic E-state index is 12.6. The summed E-state index contributed by atoms with van der Waals surface area (Å²) in [7, 11) is 1.76. The fourth-order valence-corrected chi connectivity index (χ4v) is 3.93. The number of rotatable bonds is 5. The quantitative estimate of drug-likeness (QED) is 0.808. The Balaban J connectivity index is 1.31. The molecule has 5 heteroatoms. The summed E-state index contributed by atoms with van der Waals surface area (Å²) in [5.41, 5.74) is 2.21. The van der Waals surface area contributed by atoms with Crippen LogP contribution in [0.2, 0.25) is 0 Å². The van der Waals surface area contributed by atoms with Crippen LogP contribution in [0.5, 0.6) is 5.75 Å². The predicted molar refractivity (Wildman–Crippen MR) is 113 cm³/mol. The lowest BCUT2D eigenvalue weighted by Crippen LogP contribution is -2.40. The summed E-state index contributed by atoms with van der Waals surface area (Å²) in [6.45, 7) is 2.09. The molecule has 2 aliphatic carbocycles. The molecule has 152 valence electrons. The predicted octanol–water partition coefficient (Wildman–Crippen LogP) is 4.62. The zero-order valence-electron chi connectivity index (χ0n) is 17.1. The number of amides is 2. The number of carbonyl (C=O) groups is 2.